The zero-order valence-corrected chi connectivity index (χ0v) is 21.7. The maximum Gasteiger partial charge on any atom is 0.433 e. The number of carbonyl (C=O) groups is 2. The number of oxime groups is 1. The summed E-state index contributed by atoms with van der Waals surface area (Å²) in [5.41, 5.74) is 3.57. The first-order chi connectivity index (χ1) is 17.3. The number of carbonyl (C=O) groups excluding carboxylic acids is 2. The van der Waals surface area contributed by atoms with Crippen molar-refractivity contribution in [1.29, 1.82) is 0 Å². The molecule has 0 heterocycles. The summed E-state index contributed by atoms with van der Waals surface area (Å²) in [7, 11) is 0. The summed E-state index contributed by atoms with van der Waals surface area (Å²) in [6, 6.07) is 23.7. The van der Waals surface area contributed by atoms with Gasteiger partial charge in [0, 0.05) is 22.7 Å². The van der Waals surface area contributed by atoms with Crippen LogP contribution in [0.1, 0.15) is 53.6 Å². The number of nitrogens with zero attached hydrogens (tertiary/aromatic N) is 1. The van der Waals surface area contributed by atoms with Gasteiger partial charge in [-0.15, -0.1) is 0 Å². The number of ketones is 1. The Kier molecular flexibility index (Phi) is 8.68. The van der Waals surface area contributed by atoms with E-state index in [-0.39, 0.29) is 17.5 Å². The first-order valence-electron chi connectivity index (χ1n) is 11.7. The molecule has 0 aliphatic heterocycles. The van der Waals surface area contributed by atoms with Crippen molar-refractivity contribution >= 4 is 52.4 Å². The van der Waals surface area contributed by atoms with Gasteiger partial charge in [-0.05, 0) is 24.0 Å². The average molecular weight is 544 g/mol. The van der Waals surface area contributed by atoms with Gasteiger partial charge in [0.2, 0.25) is 3.79 Å². The van der Waals surface area contributed by atoms with E-state index in [4.69, 9.17) is 39.6 Å². The third-order valence-corrected chi connectivity index (χ3v) is 6.63. The number of rotatable bonds is 6. The minimum atomic E-state index is -1.90. The number of alkyl halides is 3. The number of hydrogen-bond donors (Lipinski definition) is 1. The van der Waals surface area contributed by atoms with Gasteiger partial charge >= 0.3 is 6.09 Å². The van der Waals surface area contributed by atoms with Crippen molar-refractivity contribution in [3.63, 3.8) is 0 Å². The Hall–Kier alpha value is -2.86. The largest absolute Gasteiger partial charge is 0.433 e. The monoisotopic (exact) mass is 542 g/mol. The van der Waals surface area contributed by atoms with Crippen molar-refractivity contribution in [3.05, 3.63) is 95.6 Å². The van der Waals surface area contributed by atoms with Gasteiger partial charge in [0.05, 0.1) is 0 Å². The highest BCUT2D eigenvalue weighted by atomic mass is 35.6. The Morgan fingerprint density at radius 2 is 1.28 bits per heavy atom. The molecule has 36 heavy (non-hydrogen) atoms. The van der Waals surface area contributed by atoms with Gasteiger partial charge in [-0.1, -0.05) is 138 Å². The van der Waals surface area contributed by atoms with Gasteiger partial charge in [0.1, 0.15) is 5.71 Å². The van der Waals surface area contributed by atoms with E-state index >= 15 is 0 Å². The van der Waals surface area contributed by atoms with Crippen LogP contribution in [0.3, 0.4) is 0 Å². The molecule has 1 aliphatic rings. The maximum atomic E-state index is 12.6. The quantitative estimate of drug-likeness (QED) is 0.114. The average Bonchev–Trinajstić information content (AvgIpc) is 2.89. The van der Waals surface area contributed by atoms with E-state index in [1.165, 1.54) is 6.42 Å². The lowest BCUT2D eigenvalue weighted by Crippen LogP contribution is -2.36. The zero-order chi connectivity index (χ0) is 25.5. The molecule has 0 radical (unpaired) electrons. The number of benzene rings is 3. The summed E-state index contributed by atoms with van der Waals surface area (Å²) >= 11 is 18.4. The molecule has 0 bridgehead atoms. The molecule has 0 saturated heterocycles. The first-order valence-corrected chi connectivity index (χ1v) is 12.9. The van der Waals surface area contributed by atoms with Crippen molar-refractivity contribution in [3.8, 4) is 11.1 Å². The standard InChI is InChI=1S/C28H25Cl3N2O3/c29-28(30,31)26(33-36-27(35)32-24-9-5-2-6-10-24)23-17-13-20(14-18-23)19-11-15-22(16-12-19)25(34)21-7-3-1-4-8-21/h1,3-4,7-8,11-18,24H,2,5-6,9-10H2,(H,32,35)/b33-26-. The van der Waals surface area contributed by atoms with E-state index < -0.39 is 9.89 Å². The molecule has 1 N–H and O–H groups in total. The number of halogens is 3. The van der Waals surface area contributed by atoms with Gasteiger partial charge in [-0.3, -0.25) is 9.63 Å². The van der Waals surface area contributed by atoms with Crippen LogP contribution in [0.25, 0.3) is 11.1 Å². The molecule has 0 atom stereocenters. The van der Waals surface area contributed by atoms with Crippen molar-refractivity contribution in [2.24, 2.45) is 5.16 Å². The van der Waals surface area contributed by atoms with Gasteiger partial charge in [0.15, 0.2) is 5.78 Å². The summed E-state index contributed by atoms with van der Waals surface area (Å²) in [4.78, 5) is 29.9. The molecule has 3 aromatic rings. The van der Waals surface area contributed by atoms with Crippen LogP contribution in [0.15, 0.2) is 84.0 Å². The second-order valence-corrected chi connectivity index (χ2v) is 10.9. The summed E-state index contributed by atoms with van der Waals surface area (Å²) in [6.45, 7) is 0. The first kappa shape index (κ1) is 26.2. The predicted octanol–water partition coefficient (Wildman–Crippen LogP) is 7.72. The van der Waals surface area contributed by atoms with Crippen LogP contribution in [0.5, 0.6) is 0 Å². The van der Waals surface area contributed by atoms with E-state index in [0.29, 0.717) is 16.7 Å². The van der Waals surface area contributed by atoms with Gasteiger partial charge in [0.25, 0.3) is 0 Å². The fourth-order valence-electron chi connectivity index (χ4n) is 4.19. The summed E-state index contributed by atoms with van der Waals surface area (Å²) < 4.78 is -1.90. The number of hydrogen-bond acceptors (Lipinski definition) is 4. The molecule has 1 amide bonds. The Morgan fingerprint density at radius 1 is 0.750 bits per heavy atom. The van der Waals surface area contributed by atoms with Crippen molar-refractivity contribution in [2.75, 3.05) is 0 Å². The fourth-order valence-corrected chi connectivity index (χ4v) is 4.62. The molecule has 8 heteroatoms. The normalized spacial score (nSPS) is 14.8. The molecule has 4 rings (SSSR count). The van der Waals surface area contributed by atoms with Crippen LogP contribution in [-0.4, -0.2) is 27.4 Å². The molecular formula is C28H25Cl3N2O3. The van der Waals surface area contributed by atoms with Crippen LogP contribution in [0, 0.1) is 0 Å². The predicted molar refractivity (Wildman–Crippen MR) is 145 cm³/mol. The second-order valence-electron chi connectivity index (χ2n) is 8.65. The fraction of sp³-hybridized carbons (Fsp3) is 0.250. The van der Waals surface area contributed by atoms with Gasteiger partial charge in [-0.25, -0.2) is 4.79 Å². The second kappa shape index (κ2) is 11.9. The minimum absolute atomic E-state index is 0.00153. The highest BCUT2D eigenvalue weighted by molar-refractivity contribution is 6.78. The van der Waals surface area contributed by atoms with Crippen molar-refractivity contribution < 1.29 is 14.4 Å². The van der Waals surface area contributed by atoms with E-state index in [9.17, 15) is 9.59 Å². The van der Waals surface area contributed by atoms with Crippen molar-refractivity contribution in [1.82, 2.24) is 5.32 Å². The molecule has 5 nitrogen and oxygen atoms in total. The molecule has 3 aromatic carbocycles. The van der Waals surface area contributed by atoms with Crippen LogP contribution >= 0.6 is 34.8 Å². The highest BCUT2D eigenvalue weighted by Crippen LogP contribution is 2.32. The third kappa shape index (κ3) is 6.88. The van der Waals surface area contributed by atoms with E-state index in [1.54, 1.807) is 36.4 Å². The molecule has 0 spiro atoms. The number of amides is 1. The Labute approximate surface area is 225 Å². The number of nitrogens with one attached hydrogen (secondary N) is 1. The van der Waals surface area contributed by atoms with Crippen molar-refractivity contribution in [2.45, 2.75) is 41.9 Å². The molecule has 1 aliphatic carbocycles. The minimum Gasteiger partial charge on any atom is -0.317 e. The zero-order valence-electron chi connectivity index (χ0n) is 19.4. The van der Waals surface area contributed by atoms with Gasteiger partial charge in [-0.2, -0.15) is 0 Å². The maximum absolute atomic E-state index is 12.6. The summed E-state index contributed by atoms with van der Waals surface area (Å²) in [6.07, 6.45) is 4.49. The molecule has 186 valence electrons. The SMILES string of the molecule is O=C(NC1CCCCC1)O/N=C(/c1ccc(-c2ccc(C(=O)c3ccccc3)cc2)cc1)C(Cl)(Cl)Cl. The van der Waals surface area contributed by atoms with Crippen LogP contribution < -0.4 is 5.32 Å². The Balaban J connectivity index is 1.46. The lowest BCUT2D eigenvalue weighted by Gasteiger charge is -2.21. The van der Waals surface area contributed by atoms with E-state index in [2.05, 4.69) is 10.5 Å². The molecular weight excluding hydrogens is 519 g/mol. The smallest absolute Gasteiger partial charge is 0.317 e. The highest BCUT2D eigenvalue weighted by Gasteiger charge is 2.31. The summed E-state index contributed by atoms with van der Waals surface area (Å²) in [5.74, 6) is -0.0337. The topological polar surface area (TPSA) is 67.8 Å². The van der Waals surface area contributed by atoms with E-state index in [1.807, 2.05) is 42.5 Å². The van der Waals surface area contributed by atoms with Crippen LogP contribution in [-0.2, 0) is 4.84 Å². The molecule has 0 unspecified atom stereocenters. The summed E-state index contributed by atoms with van der Waals surface area (Å²) in [5, 5.41) is 6.67. The van der Waals surface area contributed by atoms with Gasteiger partial charge < -0.3 is 5.32 Å². The van der Waals surface area contributed by atoms with Crippen LogP contribution in [0.4, 0.5) is 4.79 Å². The molecule has 1 saturated carbocycles. The third-order valence-electron chi connectivity index (χ3n) is 6.09. The van der Waals surface area contributed by atoms with Crippen LogP contribution in [0.2, 0.25) is 0 Å². The lowest BCUT2D eigenvalue weighted by atomic mass is 9.96. The Morgan fingerprint density at radius 3 is 1.83 bits per heavy atom. The molecule has 0 aromatic heterocycles. The molecule has 1 fully saturated rings. The lowest BCUT2D eigenvalue weighted by molar-refractivity contribution is 0.103. The Bertz CT molecular complexity index is 1220. The van der Waals surface area contributed by atoms with E-state index in [0.717, 1.165) is 36.8 Å².